The Kier molecular flexibility index (Phi) is 4.82. The molecule has 3 rings (SSSR count). The van der Waals surface area contributed by atoms with Gasteiger partial charge in [-0.25, -0.2) is 9.50 Å². The SMILES string of the molecule is CSc1nc2nc(C)c(CC(=O)NC[C@@H]3CCCO3)c(C)n2n1. The predicted octanol–water partition coefficient (Wildman–Crippen LogP) is 1.30. The van der Waals surface area contributed by atoms with Crippen LogP contribution in [0.25, 0.3) is 5.78 Å². The number of carbonyl (C=O) groups is 1. The zero-order valence-electron chi connectivity index (χ0n) is 13.6. The molecule has 1 atom stereocenters. The zero-order valence-corrected chi connectivity index (χ0v) is 14.4. The van der Waals surface area contributed by atoms with Gasteiger partial charge in [-0.2, -0.15) is 4.98 Å². The first-order chi connectivity index (χ1) is 11.1. The minimum atomic E-state index is -0.0157. The monoisotopic (exact) mass is 335 g/mol. The standard InChI is InChI=1S/C15H21N5O2S/c1-9-12(7-13(21)16-8-11-5-4-6-22-11)10(2)20-14(17-9)18-15(19-20)23-3/h11H,4-8H2,1-3H3,(H,16,21)/t11-/m0/s1. The van der Waals surface area contributed by atoms with Gasteiger partial charge in [-0.05, 0) is 32.9 Å². The van der Waals surface area contributed by atoms with Crippen LogP contribution in [0.5, 0.6) is 0 Å². The Hall–Kier alpha value is -1.67. The Balaban J connectivity index is 1.74. The van der Waals surface area contributed by atoms with Crippen molar-refractivity contribution in [3.63, 3.8) is 0 Å². The van der Waals surface area contributed by atoms with E-state index in [-0.39, 0.29) is 12.0 Å². The van der Waals surface area contributed by atoms with Crippen LogP contribution >= 0.6 is 11.8 Å². The molecular formula is C15H21N5O2S. The van der Waals surface area contributed by atoms with E-state index in [9.17, 15) is 4.79 Å². The van der Waals surface area contributed by atoms with Crippen molar-refractivity contribution in [2.24, 2.45) is 0 Å². The summed E-state index contributed by atoms with van der Waals surface area (Å²) in [5.74, 6) is 0.561. The van der Waals surface area contributed by atoms with Gasteiger partial charge >= 0.3 is 0 Å². The van der Waals surface area contributed by atoms with Gasteiger partial charge in [0.1, 0.15) is 0 Å². The van der Waals surface area contributed by atoms with Crippen molar-refractivity contribution in [1.82, 2.24) is 24.9 Å². The predicted molar refractivity (Wildman–Crippen MR) is 87.7 cm³/mol. The fourth-order valence-corrected chi connectivity index (χ4v) is 3.12. The van der Waals surface area contributed by atoms with Crippen molar-refractivity contribution in [3.05, 3.63) is 17.0 Å². The Morgan fingerprint density at radius 2 is 2.26 bits per heavy atom. The van der Waals surface area contributed by atoms with Crippen LogP contribution in [0.2, 0.25) is 0 Å². The molecule has 1 aliphatic rings. The van der Waals surface area contributed by atoms with Gasteiger partial charge in [0.05, 0.1) is 12.5 Å². The van der Waals surface area contributed by atoms with Gasteiger partial charge in [0.25, 0.3) is 5.78 Å². The summed E-state index contributed by atoms with van der Waals surface area (Å²) in [6.07, 6.45) is 4.46. The van der Waals surface area contributed by atoms with Gasteiger partial charge in [0.2, 0.25) is 11.1 Å². The van der Waals surface area contributed by atoms with Crippen molar-refractivity contribution in [3.8, 4) is 0 Å². The minimum Gasteiger partial charge on any atom is -0.376 e. The fourth-order valence-electron chi connectivity index (χ4n) is 2.79. The van der Waals surface area contributed by atoms with E-state index >= 15 is 0 Å². The second kappa shape index (κ2) is 6.84. The number of carbonyl (C=O) groups excluding carboxylic acids is 1. The van der Waals surface area contributed by atoms with E-state index in [1.165, 1.54) is 11.8 Å². The van der Waals surface area contributed by atoms with Crippen LogP contribution in [-0.4, -0.2) is 51.0 Å². The molecule has 0 aromatic carbocycles. The molecular weight excluding hydrogens is 314 g/mol. The lowest BCUT2D eigenvalue weighted by atomic mass is 10.1. The molecule has 0 spiro atoms. The first kappa shape index (κ1) is 16.2. The van der Waals surface area contributed by atoms with Crippen LogP contribution in [0.1, 0.15) is 29.8 Å². The number of aromatic nitrogens is 4. The second-order valence-electron chi connectivity index (χ2n) is 5.69. The molecule has 1 saturated heterocycles. The number of thioether (sulfide) groups is 1. The number of amides is 1. The van der Waals surface area contributed by atoms with Crippen LogP contribution in [-0.2, 0) is 16.0 Å². The van der Waals surface area contributed by atoms with Crippen LogP contribution in [0.3, 0.4) is 0 Å². The van der Waals surface area contributed by atoms with Crippen LogP contribution in [0.4, 0.5) is 0 Å². The number of nitrogens with zero attached hydrogens (tertiary/aromatic N) is 4. The van der Waals surface area contributed by atoms with Crippen molar-refractivity contribution in [2.75, 3.05) is 19.4 Å². The lowest BCUT2D eigenvalue weighted by Gasteiger charge is -2.13. The van der Waals surface area contributed by atoms with Crippen molar-refractivity contribution in [1.29, 1.82) is 0 Å². The van der Waals surface area contributed by atoms with Crippen LogP contribution in [0, 0.1) is 13.8 Å². The van der Waals surface area contributed by atoms with Crippen molar-refractivity contribution in [2.45, 2.75) is 44.4 Å². The number of nitrogens with one attached hydrogen (secondary N) is 1. The average Bonchev–Trinajstić information content (AvgIpc) is 3.18. The summed E-state index contributed by atoms with van der Waals surface area (Å²) in [6.45, 7) is 5.22. The minimum absolute atomic E-state index is 0.0157. The first-order valence-electron chi connectivity index (χ1n) is 7.73. The Morgan fingerprint density at radius 1 is 1.43 bits per heavy atom. The van der Waals surface area contributed by atoms with E-state index in [4.69, 9.17) is 4.74 Å². The molecule has 1 amide bonds. The maximum atomic E-state index is 12.2. The molecule has 23 heavy (non-hydrogen) atoms. The number of fused-ring (bicyclic) bond motifs is 1. The van der Waals surface area contributed by atoms with Gasteiger partial charge in [0.15, 0.2) is 0 Å². The number of aryl methyl sites for hydroxylation is 2. The average molecular weight is 335 g/mol. The third-order valence-corrected chi connectivity index (χ3v) is 4.64. The van der Waals surface area contributed by atoms with E-state index in [0.29, 0.717) is 23.9 Å². The summed E-state index contributed by atoms with van der Waals surface area (Å²) < 4.78 is 7.23. The van der Waals surface area contributed by atoms with Gasteiger partial charge in [0, 0.05) is 30.1 Å². The maximum Gasteiger partial charge on any atom is 0.253 e. The lowest BCUT2D eigenvalue weighted by molar-refractivity contribution is -0.121. The molecule has 2 aromatic heterocycles. The highest BCUT2D eigenvalue weighted by Crippen LogP contribution is 2.17. The molecule has 1 fully saturated rings. The number of rotatable bonds is 5. The molecule has 0 aliphatic carbocycles. The maximum absolute atomic E-state index is 12.2. The number of hydrogen-bond donors (Lipinski definition) is 1. The molecule has 2 aromatic rings. The molecule has 7 nitrogen and oxygen atoms in total. The van der Waals surface area contributed by atoms with E-state index < -0.39 is 0 Å². The van der Waals surface area contributed by atoms with Gasteiger partial charge in [-0.1, -0.05) is 11.8 Å². The summed E-state index contributed by atoms with van der Waals surface area (Å²) in [5, 5.41) is 8.03. The summed E-state index contributed by atoms with van der Waals surface area (Å²) in [7, 11) is 0. The smallest absolute Gasteiger partial charge is 0.253 e. The van der Waals surface area contributed by atoms with E-state index in [2.05, 4.69) is 20.4 Å². The molecule has 0 saturated carbocycles. The summed E-state index contributed by atoms with van der Waals surface area (Å²) in [5.41, 5.74) is 2.63. The Bertz CT molecular complexity index is 724. The second-order valence-corrected chi connectivity index (χ2v) is 6.46. The topological polar surface area (TPSA) is 81.4 Å². The molecule has 3 heterocycles. The highest BCUT2D eigenvalue weighted by molar-refractivity contribution is 7.98. The molecule has 1 N–H and O–H groups in total. The quantitative estimate of drug-likeness (QED) is 0.830. The van der Waals surface area contributed by atoms with E-state index in [1.807, 2.05) is 20.1 Å². The lowest BCUT2D eigenvalue weighted by Crippen LogP contribution is -2.33. The van der Waals surface area contributed by atoms with E-state index in [0.717, 1.165) is 36.4 Å². The third kappa shape index (κ3) is 3.48. The molecule has 0 unspecified atom stereocenters. The Labute approximate surface area is 139 Å². The normalized spacial score (nSPS) is 17.8. The van der Waals surface area contributed by atoms with Crippen LogP contribution < -0.4 is 5.32 Å². The molecule has 0 radical (unpaired) electrons. The highest BCUT2D eigenvalue weighted by Gasteiger charge is 2.18. The highest BCUT2D eigenvalue weighted by atomic mass is 32.2. The zero-order chi connectivity index (χ0) is 16.4. The van der Waals surface area contributed by atoms with Crippen molar-refractivity contribution >= 4 is 23.4 Å². The summed E-state index contributed by atoms with van der Waals surface area (Å²) in [4.78, 5) is 21.0. The summed E-state index contributed by atoms with van der Waals surface area (Å²) >= 11 is 1.47. The van der Waals surface area contributed by atoms with Gasteiger partial charge in [-0.15, -0.1) is 5.10 Å². The number of hydrogen-bond acceptors (Lipinski definition) is 6. The first-order valence-corrected chi connectivity index (χ1v) is 8.96. The molecule has 0 bridgehead atoms. The molecule has 8 heteroatoms. The van der Waals surface area contributed by atoms with Gasteiger partial charge in [-0.3, -0.25) is 4.79 Å². The van der Waals surface area contributed by atoms with Crippen LogP contribution in [0.15, 0.2) is 5.16 Å². The van der Waals surface area contributed by atoms with Crippen molar-refractivity contribution < 1.29 is 9.53 Å². The Morgan fingerprint density at radius 3 is 2.96 bits per heavy atom. The third-order valence-electron chi connectivity index (χ3n) is 4.10. The number of ether oxygens (including phenoxy) is 1. The fraction of sp³-hybridized carbons (Fsp3) is 0.600. The largest absolute Gasteiger partial charge is 0.376 e. The van der Waals surface area contributed by atoms with E-state index in [1.54, 1.807) is 4.52 Å². The van der Waals surface area contributed by atoms with Gasteiger partial charge < -0.3 is 10.1 Å². The molecule has 1 aliphatic heterocycles. The molecule has 124 valence electrons. The summed E-state index contributed by atoms with van der Waals surface area (Å²) in [6, 6.07) is 0.